The Morgan fingerprint density at radius 3 is 2.62 bits per heavy atom. The molecule has 72 valence electrons. The molecule has 0 aliphatic rings. The SMILES string of the molecule is CCC(C)c1c(O)[nH]c(=S)[nH]c1=O. The molecule has 0 amide bonds. The molecular formula is C8H12N2O2S. The predicted octanol–water partition coefficient (Wildman–Crippen LogP) is 1.65. The van der Waals surface area contributed by atoms with Crippen LogP contribution in [0.1, 0.15) is 31.7 Å². The lowest BCUT2D eigenvalue weighted by Gasteiger charge is -2.08. The smallest absolute Gasteiger partial charge is 0.258 e. The molecule has 0 radical (unpaired) electrons. The van der Waals surface area contributed by atoms with E-state index in [0.29, 0.717) is 5.56 Å². The van der Waals surface area contributed by atoms with Crippen molar-refractivity contribution in [2.24, 2.45) is 0 Å². The Morgan fingerprint density at radius 2 is 2.15 bits per heavy atom. The van der Waals surface area contributed by atoms with Gasteiger partial charge in [-0.2, -0.15) is 0 Å². The molecule has 13 heavy (non-hydrogen) atoms. The molecule has 0 bridgehead atoms. The van der Waals surface area contributed by atoms with Crippen LogP contribution in [0.5, 0.6) is 5.88 Å². The third-order valence-electron chi connectivity index (χ3n) is 2.06. The quantitative estimate of drug-likeness (QED) is 0.636. The van der Waals surface area contributed by atoms with E-state index in [-0.39, 0.29) is 22.1 Å². The van der Waals surface area contributed by atoms with Gasteiger partial charge in [-0.25, -0.2) is 0 Å². The fraction of sp³-hybridized carbons (Fsp3) is 0.500. The summed E-state index contributed by atoms with van der Waals surface area (Å²) in [6, 6.07) is 0. The average Bonchev–Trinajstić information content (AvgIpc) is 2.02. The molecule has 5 heteroatoms. The van der Waals surface area contributed by atoms with Crippen molar-refractivity contribution in [3.63, 3.8) is 0 Å². The Morgan fingerprint density at radius 1 is 1.54 bits per heavy atom. The van der Waals surface area contributed by atoms with Gasteiger partial charge in [-0.1, -0.05) is 13.8 Å². The van der Waals surface area contributed by atoms with Gasteiger partial charge in [-0.15, -0.1) is 0 Å². The van der Waals surface area contributed by atoms with Crippen LogP contribution < -0.4 is 5.56 Å². The Labute approximate surface area is 80.6 Å². The van der Waals surface area contributed by atoms with Crippen LogP contribution in [-0.4, -0.2) is 15.1 Å². The fourth-order valence-electron chi connectivity index (χ4n) is 1.15. The van der Waals surface area contributed by atoms with E-state index in [1.165, 1.54) is 0 Å². The Balaban J connectivity index is 3.37. The summed E-state index contributed by atoms with van der Waals surface area (Å²) in [5.74, 6) is -0.0984. The maximum atomic E-state index is 11.4. The maximum absolute atomic E-state index is 11.4. The number of nitrogens with one attached hydrogen (secondary N) is 2. The number of hydrogen-bond donors (Lipinski definition) is 3. The standard InChI is InChI=1S/C8H12N2O2S/c1-3-4(2)5-6(11)9-8(13)10-7(5)12/h4H,3H2,1-2H3,(H3,9,10,11,12,13). The topological polar surface area (TPSA) is 68.9 Å². The number of aromatic nitrogens is 2. The van der Waals surface area contributed by atoms with E-state index < -0.39 is 0 Å². The van der Waals surface area contributed by atoms with Gasteiger partial charge >= 0.3 is 0 Å². The van der Waals surface area contributed by atoms with Gasteiger partial charge in [-0.05, 0) is 24.6 Å². The van der Waals surface area contributed by atoms with Crippen LogP contribution in [0.4, 0.5) is 0 Å². The number of H-pyrrole nitrogens is 2. The van der Waals surface area contributed by atoms with Crippen LogP contribution in [0.25, 0.3) is 0 Å². The molecular weight excluding hydrogens is 188 g/mol. The van der Waals surface area contributed by atoms with Crippen LogP contribution in [0.3, 0.4) is 0 Å². The minimum atomic E-state index is -0.310. The van der Waals surface area contributed by atoms with Crippen molar-refractivity contribution in [3.8, 4) is 5.88 Å². The molecule has 1 heterocycles. The number of hydrogen-bond acceptors (Lipinski definition) is 3. The lowest BCUT2D eigenvalue weighted by molar-refractivity contribution is 0.435. The van der Waals surface area contributed by atoms with Crippen molar-refractivity contribution in [2.75, 3.05) is 0 Å². The van der Waals surface area contributed by atoms with Gasteiger partial charge < -0.3 is 10.1 Å². The molecule has 0 aliphatic heterocycles. The molecule has 0 fully saturated rings. The highest BCUT2D eigenvalue weighted by Crippen LogP contribution is 2.21. The van der Waals surface area contributed by atoms with E-state index >= 15 is 0 Å². The Bertz CT molecular complexity index is 407. The predicted molar refractivity (Wildman–Crippen MR) is 52.6 cm³/mol. The second-order valence-electron chi connectivity index (χ2n) is 2.98. The summed E-state index contributed by atoms with van der Waals surface area (Å²) >= 11 is 4.70. The summed E-state index contributed by atoms with van der Waals surface area (Å²) in [5.41, 5.74) is 0.0618. The van der Waals surface area contributed by atoms with Crippen molar-refractivity contribution in [1.82, 2.24) is 9.97 Å². The number of rotatable bonds is 2. The van der Waals surface area contributed by atoms with E-state index in [1.54, 1.807) is 0 Å². The first-order valence-corrected chi connectivity index (χ1v) is 4.52. The summed E-state index contributed by atoms with van der Waals surface area (Å²) in [5, 5.41) is 9.43. The van der Waals surface area contributed by atoms with Gasteiger partial charge in [0.15, 0.2) is 10.7 Å². The zero-order chi connectivity index (χ0) is 10.0. The summed E-state index contributed by atoms with van der Waals surface area (Å²) in [4.78, 5) is 16.3. The lowest BCUT2D eigenvalue weighted by Crippen LogP contribution is -2.16. The minimum Gasteiger partial charge on any atom is -0.494 e. The number of aromatic amines is 2. The van der Waals surface area contributed by atoms with Crippen molar-refractivity contribution in [3.05, 3.63) is 20.7 Å². The molecule has 1 atom stereocenters. The van der Waals surface area contributed by atoms with Crippen LogP contribution in [-0.2, 0) is 0 Å². The van der Waals surface area contributed by atoms with E-state index in [9.17, 15) is 9.90 Å². The van der Waals surface area contributed by atoms with Gasteiger partial charge in [0.1, 0.15) is 0 Å². The highest BCUT2D eigenvalue weighted by atomic mass is 32.1. The van der Waals surface area contributed by atoms with Crippen LogP contribution in [0, 0.1) is 4.77 Å². The van der Waals surface area contributed by atoms with Crippen molar-refractivity contribution >= 4 is 12.2 Å². The molecule has 0 spiro atoms. The molecule has 1 unspecified atom stereocenters. The highest BCUT2D eigenvalue weighted by molar-refractivity contribution is 7.71. The van der Waals surface area contributed by atoms with Crippen LogP contribution in [0.15, 0.2) is 4.79 Å². The Hall–Kier alpha value is -1.10. The van der Waals surface area contributed by atoms with Gasteiger partial charge in [-0.3, -0.25) is 9.78 Å². The summed E-state index contributed by atoms with van der Waals surface area (Å²) < 4.78 is 0.148. The molecule has 4 nitrogen and oxygen atoms in total. The monoisotopic (exact) mass is 200 g/mol. The van der Waals surface area contributed by atoms with Gasteiger partial charge in [0.05, 0.1) is 5.56 Å². The summed E-state index contributed by atoms with van der Waals surface area (Å²) in [7, 11) is 0. The maximum Gasteiger partial charge on any atom is 0.258 e. The molecule has 0 aromatic carbocycles. The minimum absolute atomic E-state index is 0.0237. The van der Waals surface area contributed by atoms with E-state index in [2.05, 4.69) is 9.97 Å². The van der Waals surface area contributed by atoms with E-state index in [0.717, 1.165) is 6.42 Å². The molecule has 1 rings (SSSR count). The molecule has 0 saturated carbocycles. The second-order valence-corrected chi connectivity index (χ2v) is 3.39. The van der Waals surface area contributed by atoms with E-state index in [1.807, 2.05) is 13.8 Å². The fourth-order valence-corrected chi connectivity index (χ4v) is 1.33. The van der Waals surface area contributed by atoms with Crippen LogP contribution in [0.2, 0.25) is 0 Å². The largest absolute Gasteiger partial charge is 0.494 e. The first-order chi connectivity index (χ1) is 6.06. The lowest BCUT2D eigenvalue weighted by atomic mass is 10.0. The zero-order valence-corrected chi connectivity index (χ0v) is 8.36. The Kier molecular flexibility index (Phi) is 2.87. The third-order valence-corrected chi connectivity index (χ3v) is 2.27. The van der Waals surface area contributed by atoms with Gasteiger partial charge in [0, 0.05) is 0 Å². The number of aromatic hydroxyl groups is 1. The normalized spacial score (nSPS) is 12.8. The molecule has 0 aliphatic carbocycles. The highest BCUT2D eigenvalue weighted by Gasteiger charge is 2.13. The average molecular weight is 200 g/mol. The van der Waals surface area contributed by atoms with Crippen LogP contribution >= 0.6 is 12.2 Å². The molecule has 1 aromatic heterocycles. The first kappa shape index (κ1) is 9.98. The zero-order valence-electron chi connectivity index (χ0n) is 7.55. The van der Waals surface area contributed by atoms with Crippen molar-refractivity contribution in [2.45, 2.75) is 26.2 Å². The third kappa shape index (κ3) is 1.98. The van der Waals surface area contributed by atoms with Crippen molar-refractivity contribution in [1.29, 1.82) is 0 Å². The molecule has 1 aromatic rings. The second kappa shape index (κ2) is 3.74. The first-order valence-electron chi connectivity index (χ1n) is 4.11. The van der Waals surface area contributed by atoms with Gasteiger partial charge in [0.2, 0.25) is 0 Å². The molecule has 0 saturated heterocycles. The molecule has 3 N–H and O–H groups in total. The van der Waals surface area contributed by atoms with Gasteiger partial charge in [0.25, 0.3) is 5.56 Å². The van der Waals surface area contributed by atoms with E-state index in [4.69, 9.17) is 12.2 Å². The van der Waals surface area contributed by atoms with Crippen molar-refractivity contribution < 1.29 is 5.11 Å². The summed E-state index contributed by atoms with van der Waals surface area (Å²) in [6.07, 6.45) is 0.793. The summed E-state index contributed by atoms with van der Waals surface area (Å²) in [6.45, 7) is 3.83.